The Balaban J connectivity index is 1.81. The Hall–Kier alpha value is -3.04. The number of ether oxygens (including phenoxy) is 1. The molecule has 0 spiro atoms. The number of anilines is 1. The normalized spacial score (nSPS) is 10.4. The van der Waals surface area contributed by atoms with Crippen molar-refractivity contribution < 1.29 is 14.5 Å². The minimum atomic E-state index is -0.663. The van der Waals surface area contributed by atoms with E-state index in [1.807, 2.05) is 0 Å². The second-order valence-corrected chi connectivity index (χ2v) is 6.21. The molecule has 0 aliphatic heterocycles. The van der Waals surface area contributed by atoms with Crippen LogP contribution in [-0.4, -0.2) is 27.3 Å². The maximum Gasteiger partial charge on any atom is 0.283 e. The molecule has 0 fully saturated rings. The first kappa shape index (κ1) is 17.8. The molecule has 26 heavy (non-hydrogen) atoms. The van der Waals surface area contributed by atoms with Crippen LogP contribution < -0.4 is 10.1 Å². The molecule has 3 aromatic rings. The Morgan fingerprint density at radius 3 is 2.65 bits per heavy atom. The number of nitro benzene ring substituents is 1. The summed E-state index contributed by atoms with van der Waals surface area (Å²) in [4.78, 5) is 27.0. The van der Waals surface area contributed by atoms with Crippen molar-refractivity contribution in [2.45, 2.75) is 0 Å². The van der Waals surface area contributed by atoms with Crippen LogP contribution in [0.2, 0.25) is 5.02 Å². The van der Waals surface area contributed by atoms with E-state index in [1.54, 1.807) is 31.4 Å². The van der Waals surface area contributed by atoms with Gasteiger partial charge in [0, 0.05) is 28.2 Å². The standard InChI is InChI=1S/C16H11ClN4O4S/c1-25-11-5-2-9(3-6-11)14-18-16(26-20-14)19-15(22)12-7-4-10(17)8-13(12)21(23)24/h2-8H,1H3,(H,18,19,20,22). The van der Waals surface area contributed by atoms with Crippen LogP contribution in [-0.2, 0) is 0 Å². The van der Waals surface area contributed by atoms with Gasteiger partial charge >= 0.3 is 0 Å². The second kappa shape index (κ2) is 7.46. The first-order valence-electron chi connectivity index (χ1n) is 7.21. The van der Waals surface area contributed by atoms with E-state index in [2.05, 4.69) is 14.7 Å². The summed E-state index contributed by atoms with van der Waals surface area (Å²) in [6.45, 7) is 0. The van der Waals surface area contributed by atoms with Crippen LogP contribution >= 0.6 is 23.1 Å². The molecule has 1 N–H and O–H groups in total. The van der Waals surface area contributed by atoms with Gasteiger partial charge in [0.25, 0.3) is 11.6 Å². The number of aromatic nitrogens is 2. The highest BCUT2D eigenvalue weighted by atomic mass is 35.5. The minimum Gasteiger partial charge on any atom is -0.497 e. The van der Waals surface area contributed by atoms with E-state index < -0.39 is 10.8 Å². The van der Waals surface area contributed by atoms with Gasteiger partial charge in [0.15, 0.2) is 5.82 Å². The summed E-state index contributed by atoms with van der Waals surface area (Å²) in [6, 6.07) is 10.9. The third-order valence-corrected chi connectivity index (χ3v) is 4.26. The highest BCUT2D eigenvalue weighted by molar-refractivity contribution is 7.10. The van der Waals surface area contributed by atoms with E-state index in [4.69, 9.17) is 16.3 Å². The summed E-state index contributed by atoms with van der Waals surface area (Å²) < 4.78 is 9.27. The molecule has 10 heteroatoms. The highest BCUT2D eigenvalue weighted by Crippen LogP contribution is 2.26. The van der Waals surface area contributed by atoms with E-state index >= 15 is 0 Å². The summed E-state index contributed by atoms with van der Waals surface area (Å²) in [5, 5.41) is 14.0. The quantitative estimate of drug-likeness (QED) is 0.520. The smallest absolute Gasteiger partial charge is 0.283 e. The summed E-state index contributed by atoms with van der Waals surface area (Å²) in [5.41, 5.74) is 0.260. The number of halogens is 1. The van der Waals surface area contributed by atoms with Crippen molar-refractivity contribution in [2.24, 2.45) is 0 Å². The number of amides is 1. The second-order valence-electron chi connectivity index (χ2n) is 5.02. The highest BCUT2D eigenvalue weighted by Gasteiger charge is 2.21. The zero-order chi connectivity index (χ0) is 18.7. The molecular formula is C16H11ClN4O4S. The molecule has 0 atom stereocenters. The maximum atomic E-state index is 12.3. The number of rotatable bonds is 5. The number of nitro groups is 1. The molecule has 0 aliphatic rings. The number of methoxy groups -OCH3 is 1. The average molecular weight is 391 g/mol. The van der Waals surface area contributed by atoms with Gasteiger partial charge in [-0.2, -0.15) is 9.36 Å². The van der Waals surface area contributed by atoms with Gasteiger partial charge in [-0.3, -0.25) is 20.2 Å². The lowest BCUT2D eigenvalue weighted by Gasteiger charge is -2.03. The Bertz CT molecular complexity index is 975. The molecule has 2 aromatic carbocycles. The Kier molecular flexibility index (Phi) is 5.10. The lowest BCUT2D eigenvalue weighted by molar-refractivity contribution is -0.385. The SMILES string of the molecule is COc1ccc(-c2nsc(NC(=O)c3ccc(Cl)cc3[N+](=O)[O-])n2)cc1. The molecule has 0 aliphatic carbocycles. The predicted octanol–water partition coefficient (Wildman–Crippen LogP) is 4.03. The zero-order valence-corrected chi connectivity index (χ0v) is 14.9. The maximum absolute atomic E-state index is 12.3. The van der Waals surface area contributed by atoms with Crippen LogP contribution in [0.3, 0.4) is 0 Å². The lowest BCUT2D eigenvalue weighted by Crippen LogP contribution is -2.13. The van der Waals surface area contributed by atoms with Crippen LogP contribution in [0.1, 0.15) is 10.4 Å². The summed E-state index contributed by atoms with van der Waals surface area (Å²) in [7, 11) is 1.57. The Labute approximate surface area is 156 Å². The third kappa shape index (κ3) is 3.79. The van der Waals surface area contributed by atoms with Crippen molar-refractivity contribution >= 4 is 39.9 Å². The number of carbonyl (C=O) groups is 1. The summed E-state index contributed by atoms with van der Waals surface area (Å²) in [5.74, 6) is 0.469. The first-order chi connectivity index (χ1) is 12.5. The fraction of sp³-hybridized carbons (Fsp3) is 0.0625. The average Bonchev–Trinajstić information content (AvgIpc) is 3.10. The molecule has 8 nitrogen and oxygen atoms in total. The number of hydrogen-bond acceptors (Lipinski definition) is 7. The Morgan fingerprint density at radius 2 is 2.00 bits per heavy atom. The van der Waals surface area contributed by atoms with E-state index in [1.165, 1.54) is 12.1 Å². The third-order valence-electron chi connectivity index (χ3n) is 3.40. The molecule has 0 bridgehead atoms. The number of benzene rings is 2. The van der Waals surface area contributed by atoms with Crippen molar-refractivity contribution in [1.82, 2.24) is 9.36 Å². The van der Waals surface area contributed by atoms with Gasteiger partial charge in [-0.05, 0) is 36.4 Å². The number of nitrogens with zero attached hydrogens (tertiary/aromatic N) is 3. The number of nitrogens with one attached hydrogen (secondary N) is 1. The van der Waals surface area contributed by atoms with Crippen LogP contribution in [0.5, 0.6) is 5.75 Å². The van der Waals surface area contributed by atoms with Crippen molar-refractivity contribution in [3.05, 3.63) is 63.2 Å². The monoisotopic (exact) mass is 390 g/mol. The number of carbonyl (C=O) groups excluding carboxylic acids is 1. The van der Waals surface area contributed by atoms with E-state index in [9.17, 15) is 14.9 Å². The molecular weight excluding hydrogens is 380 g/mol. The van der Waals surface area contributed by atoms with Gasteiger partial charge in [-0.1, -0.05) is 11.6 Å². The molecule has 1 amide bonds. The molecule has 0 unspecified atom stereocenters. The van der Waals surface area contributed by atoms with Gasteiger partial charge in [0.2, 0.25) is 5.13 Å². The lowest BCUT2D eigenvalue weighted by atomic mass is 10.1. The zero-order valence-electron chi connectivity index (χ0n) is 13.3. The Morgan fingerprint density at radius 1 is 1.27 bits per heavy atom. The van der Waals surface area contributed by atoms with Crippen LogP contribution in [0.4, 0.5) is 10.8 Å². The summed E-state index contributed by atoms with van der Waals surface area (Å²) >= 11 is 6.73. The fourth-order valence-electron chi connectivity index (χ4n) is 2.14. The van der Waals surface area contributed by atoms with Crippen molar-refractivity contribution in [3.63, 3.8) is 0 Å². The molecule has 132 valence electrons. The van der Waals surface area contributed by atoms with E-state index in [0.29, 0.717) is 11.6 Å². The van der Waals surface area contributed by atoms with Gasteiger partial charge in [-0.25, -0.2) is 0 Å². The largest absolute Gasteiger partial charge is 0.497 e. The van der Waals surface area contributed by atoms with Crippen molar-refractivity contribution in [2.75, 3.05) is 12.4 Å². The van der Waals surface area contributed by atoms with Crippen molar-refractivity contribution in [1.29, 1.82) is 0 Å². The molecule has 0 saturated heterocycles. The predicted molar refractivity (Wildman–Crippen MR) is 98.0 cm³/mol. The van der Waals surface area contributed by atoms with Crippen LogP contribution in [0.15, 0.2) is 42.5 Å². The van der Waals surface area contributed by atoms with Crippen LogP contribution in [0.25, 0.3) is 11.4 Å². The van der Waals surface area contributed by atoms with Crippen LogP contribution in [0, 0.1) is 10.1 Å². The van der Waals surface area contributed by atoms with Gasteiger partial charge < -0.3 is 4.74 Å². The molecule has 3 rings (SSSR count). The molecule has 0 radical (unpaired) electrons. The van der Waals surface area contributed by atoms with Gasteiger partial charge in [-0.15, -0.1) is 0 Å². The van der Waals surface area contributed by atoms with Gasteiger partial charge in [0.05, 0.1) is 12.0 Å². The molecule has 0 saturated carbocycles. The topological polar surface area (TPSA) is 107 Å². The van der Waals surface area contributed by atoms with E-state index in [0.717, 1.165) is 23.2 Å². The molecule has 1 heterocycles. The summed E-state index contributed by atoms with van der Waals surface area (Å²) in [6.07, 6.45) is 0. The first-order valence-corrected chi connectivity index (χ1v) is 8.36. The van der Waals surface area contributed by atoms with Gasteiger partial charge in [0.1, 0.15) is 11.3 Å². The molecule has 1 aromatic heterocycles. The number of hydrogen-bond donors (Lipinski definition) is 1. The van der Waals surface area contributed by atoms with E-state index in [-0.39, 0.29) is 21.4 Å². The minimum absolute atomic E-state index is 0.111. The fourth-order valence-corrected chi connectivity index (χ4v) is 2.90. The van der Waals surface area contributed by atoms with Crippen molar-refractivity contribution in [3.8, 4) is 17.1 Å².